The summed E-state index contributed by atoms with van der Waals surface area (Å²) >= 11 is 1.04. The summed E-state index contributed by atoms with van der Waals surface area (Å²) in [7, 11) is 0. The Bertz CT molecular complexity index is 573. The fourth-order valence-electron chi connectivity index (χ4n) is 1.93. The lowest BCUT2D eigenvalue weighted by molar-refractivity contribution is 0.294. The number of likely N-dealkylation sites (N-methyl/N-ethyl adjacent to an activating group) is 1. The lowest BCUT2D eigenvalue weighted by Crippen LogP contribution is -2.25. The molecule has 2 rings (SSSR count). The second kappa shape index (κ2) is 7.60. The number of nitrogens with zero attached hydrogens (tertiary/aromatic N) is 3. The molecule has 0 atom stereocenters. The number of rotatable bonds is 7. The summed E-state index contributed by atoms with van der Waals surface area (Å²) < 4.78 is 52.1. The summed E-state index contributed by atoms with van der Waals surface area (Å²) in [5.41, 5.74) is 1.43. The van der Waals surface area contributed by atoms with E-state index in [2.05, 4.69) is 8.75 Å². The van der Waals surface area contributed by atoms with Gasteiger partial charge in [-0.3, -0.25) is 0 Å². The Labute approximate surface area is 126 Å². The average molecular weight is 286 g/mol. The van der Waals surface area contributed by atoms with E-state index in [1.54, 1.807) is 0 Å². The number of hydrogen-bond donors (Lipinski definition) is 0. The van der Waals surface area contributed by atoms with Crippen LogP contribution in [0.2, 0.25) is 0 Å². The van der Waals surface area contributed by atoms with Crippen LogP contribution in [0.1, 0.15) is 51.5 Å². The monoisotopic (exact) mass is 286 g/mol. The first-order valence-corrected chi connectivity index (χ1v) is 7.36. The molecule has 0 unspecified atom stereocenters. The smallest absolute Gasteiger partial charge is 0.253 e. The van der Waals surface area contributed by atoms with Gasteiger partial charge in [-0.25, -0.2) is 0 Å². The van der Waals surface area contributed by atoms with Crippen LogP contribution in [0, 0.1) is 0 Å². The minimum Gasteiger partial charge on any atom is -0.475 e. The van der Waals surface area contributed by atoms with Crippen molar-refractivity contribution < 1.29 is 11.6 Å². The van der Waals surface area contributed by atoms with E-state index in [9.17, 15) is 0 Å². The van der Waals surface area contributed by atoms with Gasteiger partial charge in [0.25, 0.3) is 5.88 Å². The molecule has 106 valence electrons. The van der Waals surface area contributed by atoms with E-state index in [4.69, 9.17) is 11.6 Å². The molecule has 0 aliphatic carbocycles. The molecule has 0 saturated heterocycles. The minimum atomic E-state index is -2.12. The summed E-state index contributed by atoms with van der Waals surface area (Å²) in [4.78, 5) is 1.45. The zero-order valence-corrected chi connectivity index (χ0v) is 12.0. The lowest BCUT2D eigenvalue weighted by Gasteiger charge is -2.22. The summed E-state index contributed by atoms with van der Waals surface area (Å²) in [6.07, 6.45) is 2.99. The number of hydrogen-bond acceptors (Lipinski definition) is 5. The van der Waals surface area contributed by atoms with Crippen molar-refractivity contribution in [2.45, 2.75) is 39.0 Å². The zero-order valence-electron chi connectivity index (χ0n) is 16.2. The van der Waals surface area contributed by atoms with Crippen LogP contribution < -0.4 is 4.74 Å². The first-order valence-electron chi connectivity index (χ1n) is 9.13. The number of aromatic nitrogens is 2. The Morgan fingerprint density at radius 2 is 2.47 bits per heavy atom. The van der Waals surface area contributed by atoms with Gasteiger partial charge < -0.3 is 9.64 Å². The Balaban J connectivity index is 1.94. The van der Waals surface area contributed by atoms with Gasteiger partial charge in [0, 0.05) is 19.9 Å². The summed E-state index contributed by atoms with van der Waals surface area (Å²) in [5.74, 6) is 0.413. The maximum atomic E-state index is 7.73. The molecular formula is C14H23N3OS. The highest BCUT2D eigenvalue weighted by Gasteiger charge is 2.18. The second-order valence-corrected chi connectivity index (χ2v) is 4.94. The predicted octanol–water partition coefficient (Wildman–Crippen LogP) is 3.22. The highest BCUT2D eigenvalue weighted by molar-refractivity contribution is 6.99. The van der Waals surface area contributed by atoms with Gasteiger partial charge in [-0.15, -0.1) is 4.37 Å². The summed E-state index contributed by atoms with van der Waals surface area (Å²) in [6.45, 7) is 0.885. The fraction of sp³-hybridized carbons (Fsp3) is 0.714. The molecule has 1 aliphatic rings. The molecule has 0 fully saturated rings. The Kier molecular flexibility index (Phi) is 3.63. The van der Waals surface area contributed by atoms with Crippen LogP contribution in [0.3, 0.4) is 0 Å². The molecule has 0 radical (unpaired) electrons. The van der Waals surface area contributed by atoms with Crippen LogP contribution in [-0.4, -0.2) is 40.3 Å². The highest BCUT2D eigenvalue weighted by atomic mass is 32.1. The standard InChI is InChI=1S/C14H23N3OS/c1-3-4-5-6-10-18-14-13(15-19-16-14)12-8-7-9-17(2)11-12/h8H,3-7,9-11H2,1-2H3/i2D3,4D2. The van der Waals surface area contributed by atoms with Crippen LogP contribution in [0.4, 0.5) is 0 Å². The normalized spacial score (nSPS) is 21.7. The Morgan fingerprint density at radius 1 is 1.53 bits per heavy atom. The van der Waals surface area contributed by atoms with Crippen molar-refractivity contribution in [1.29, 1.82) is 0 Å². The van der Waals surface area contributed by atoms with Crippen molar-refractivity contribution in [1.82, 2.24) is 13.6 Å². The van der Waals surface area contributed by atoms with Gasteiger partial charge in [0.15, 0.2) is 0 Å². The van der Waals surface area contributed by atoms with Crippen molar-refractivity contribution in [3.8, 4) is 5.88 Å². The topological polar surface area (TPSA) is 38.3 Å². The van der Waals surface area contributed by atoms with Gasteiger partial charge in [-0.1, -0.05) is 32.2 Å². The largest absolute Gasteiger partial charge is 0.475 e. The lowest BCUT2D eigenvalue weighted by atomic mass is 10.1. The van der Waals surface area contributed by atoms with E-state index >= 15 is 0 Å². The van der Waals surface area contributed by atoms with Crippen LogP contribution in [-0.2, 0) is 0 Å². The van der Waals surface area contributed by atoms with Crippen molar-refractivity contribution in [2.75, 3.05) is 26.7 Å². The van der Waals surface area contributed by atoms with Gasteiger partial charge in [0.05, 0.1) is 18.3 Å². The van der Waals surface area contributed by atoms with Crippen molar-refractivity contribution in [3.63, 3.8) is 0 Å². The maximum Gasteiger partial charge on any atom is 0.253 e. The van der Waals surface area contributed by atoms with E-state index in [-0.39, 0.29) is 0 Å². The SMILES string of the molecule is [2H]C([2H])(CC)CCCOc1nsnc1C1=CCCN(C([2H])([2H])[2H])C1. The molecule has 1 aliphatic heterocycles. The first-order chi connectivity index (χ1) is 11.2. The fourth-order valence-corrected chi connectivity index (χ4v) is 2.46. The summed E-state index contributed by atoms with van der Waals surface area (Å²) in [5, 5.41) is 0. The molecule has 0 N–H and O–H groups in total. The highest BCUT2D eigenvalue weighted by Crippen LogP contribution is 2.27. The van der Waals surface area contributed by atoms with Crippen LogP contribution in [0.25, 0.3) is 5.57 Å². The van der Waals surface area contributed by atoms with Gasteiger partial charge in [0.1, 0.15) is 5.69 Å². The average Bonchev–Trinajstić information content (AvgIpc) is 2.99. The number of ether oxygens (including phenoxy) is 1. The molecule has 0 saturated carbocycles. The molecule has 0 amide bonds. The van der Waals surface area contributed by atoms with E-state index in [1.807, 2.05) is 13.0 Å². The molecular weight excluding hydrogens is 258 g/mol. The summed E-state index contributed by atoms with van der Waals surface area (Å²) in [6, 6.07) is 0. The van der Waals surface area contributed by atoms with Crippen molar-refractivity contribution >= 4 is 17.3 Å². The molecule has 1 aromatic heterocycles. The molecule has 0 spiro atoms. The quantitative estimate of drug-likeness (QED) is 0.721. The molecule has 0 aromatic carbocycles. The molecule has 4 nitrogen and oxygen atoms in total. The van der Waals surface area contributed by atoms with E-state index < -0.39 is 13.3 Å². The Morgan fingerprint density at radius 3 is 3.32 bits per heavy atom. The van der Waals surface area contributed by atoms with Crippen LogP contribution >= 0.6 is 11.7 Å². The Hall–Kier alpha value is -0.940. The van der Waals surface area contributed by atoms with Gasteiger partial charge in [0.2, 0.25) is 0 Å². The molecule has 1 aromatic rings. The van der Waals surface area contributed by atoms with Gasteiger partial charge in [-0.2, -0.15) is 4.37 Å². The van der Waals surface area contributed by atoms with Crippen molar-refractivity contribution in [3.05, 3.63) is 11.8 Å². The van der Waals surface area contributed by atoms with E-state index in [0.717, 1.165) is 17.3 Å². The molecule has 19 heavy (non-hydrogen) atoms. The third kappa shape index (κ3) is 4.28. The third-order valence-electron chi connectivity index (χ3n) is 2.90. The van der Waals surface area contributed by atoms with E-state index in [0.29, 0.717) is 57.0 Å². The second-order valence-electron chi connectivity index (χ2n) is 4.41. The maximum absolute atomic E-state index is 7.73. The van der Waals surface area contributed by atoms with Crippen LogP contribution in [0.15, 0.2) is 6.08 Å². The third-order valence-corrected chi connectivity index (χ3v) is 3.41. The van der Waals surface area contributed by atoms with Gasteiger partial charge >= 0.3 is 0 Å². The van der Waals surface area contributed by atoms with E-state index in [1.165, 1.54) is 4.90 Å². The zero-order chi connectivity index (χ0) is 17.8. The molecule has 5 heteroatoms. The first kappa shape index (κ1) is 9.08. The van der Waals surface area contributed by atoms with Crippen molar-refractivity contribution in [2.24, 2.45) is 0 Å². The molecule has 2 heterocycles. The van der Waals surface area contributed by atoms with Gasteiger partial charge in [-0.05, 0) is 25.4 Å². The van der Waals surface area contributed by atoms with Crippen LogP contribution in [0.5, 0.6) is 5.88 Å². The minimum absolute atomic E-state index is 0.302. The predicted molar refractivity (Wildman–Crippen MR) is 79.6 cm³/mol. The molecule has 0 bridgehead atoms.